The van der Waals surface area contributed by atoms with E-state index in [4.69, 9.17) is 0 Å². The monoisotopic (exact) mass is 314 g/mol. The molecule has 0 saturated carbocycles. The van der Waals surface area contributed by atoms with E-state index in [1.807, 2.05) is 17.9 Å². The zero-order valence-corrected chi connectivity index (χ0v) is 12.3. The van der Waals surface area contributed by atoms with E-state index in [1.165, 1.54) is 4.88 Å². The van der Waals surface area contributed by atoms with Crippen LogP contribution in [0.3, 0.4) is 0 Å². The van der Waals surface area contributed by atoms with Crippen molar-refractivity contribution in [2.75, 3.05) is 7.05 Å². The van der Waals surface area contributed by atoms with E-state index in [-0.39, 0.29) is 6.04 Å². The third-order valence-corrected chi connectivity index (χ3v) is 4.30. The van der Waals surface area contributed by atoms with Crippen molar-refractivity contribution in [3.05, 3.63) is 32.7 Å². The van der Waals surface area contributed by atoms with Crippen molar-refractivity contribution in [3.63, 3.8) is 0 Å². The summed E-state index contributed by atoms with van der Waals surface area (Å²) in [5.74, 6) is 0. The zero-order valence-electron chi connectivity index (χ0n) is 9.85. The highest BCUT2D eigenvalue weighted by atomic mass is 79.9. The lowest BCUT2D eigenvalue weighted by molar-refractivity contribution is 0.526. The van der Waals surface area contributed by atoms with E-state index in [2.05, 4.69) is 49.9 Å². The molecule has 1 N–H and O–H groups in total. The number of hydrogen-bond donors (Lipinski definition) is 1. The van der Waals surface area contributed by atoms with E-state index < -0.39 is 0 Å². The Morgan fingerprint density at radius 2 is 2.41 bits per heavy atom. The van der Waals surface area contributed by atoms with Crippen molar-refractivity contribution < 1.29 is 0 Å². The average Bonchev–Trinajstić information content (AvgIpc) is 2.91. The number of nitrogens with zero attached hydrogens (tertiary/aromatic N) is 3. The summed E-state index contributed by atoms with van der Waals surface area (Å²) in [6, 6.07) is 2.29. The highest BCUT2D eigenvalue weighted by molar-refractivity contribution is 9.10. The quantitative estimate of drug-likeness (QED) is 0.922. The molecule has 0 aliphatic carbocycles. The molecule has 2 heterocycles. The van der Waals surface area contributed by atoms with Crippen LogP contribution in [0, 0.1) is 0 Å². The van der Waals surface area contributed by atoms with Crippen LogP contribution in [-0.2, 0) is 6.54 Å². The molecular formula is C11H15BrN4S. The number of aromatic nitrogens is 3. The van der Waals surface area contributed by atoms with E-state index in [1.54, 1.807) is 11.3 Å². The van der Waals surface area contributed by atoms with Gasteiger partial charge in [-0.2, -0.15) is 0 Å². The van der Waals surface area contributed by atoms with Gasteiger partial charge >= 0.3 is 0 Å². The van der Waals surface area contributed by atoms with Gasteiger partial charge in [0.25, 0.3) is 0 Å². The van der Waals surface area contributed by atoms with E-state index >= 15 is 0 Å². The summed E-state index contributed by atoms with van der Waals surface area (Å²) in [6.45, 7) is 3.04. The minimum absolute atomic E-state index is 0.160. The topological polar surface area (TPSA) is 42.7 Å². The van der Waals surface area contributed by atoms with Crippen LogP contribution >= 0.6 is 27.3 Å². The molecule has 0 aliphatic heterocycles. The minimum atomic E-state index is 0.160. The molecule has 2 rings (SSSR count). The summed E-state index contributed by atoms with van der Waals surface area (Å²) in [5, 5.41) is 13.5. The molecule has 2 aromatic heterocycles. The Morgan fingerprint density at radius 1 is 1.59 bits per heavy atom. The van der Waals surface area contributed by atoms with Crippen molar-refractivity contribution >= 4 is 27.3 Å². The zero-order chi connectivity index (χ0) is 12.3. The highest BCUT2D eigenvalue weighted by Crippen LogP contribution is 2.29. The summed E-state index contributed by atoms with van der Waals surface area (Å²) in [7, 11) is 1.96. The van der Waals surface area contributed by atoms with E-state index in [0.29, 0.717) is 0 Å². The molecule has 0 aliphatic rings. The first-order chi connectivity index (χ1) is 8.26. The number of nitrogens with one attached hydrogen (secondary N) is 1. The van der Waals surface area contributed by atoms with Crippen LogP contribution in [-0.4, -0.2) is 22.0 Å². The third kappa shape index (κ3) is 2.75. The van der Waals surface area contributed by atoms with Crippen LogP contribution in [0.1, 0.15) is 30.0 Å². The van der Waals surface area contributed by atoms with Gasteiger partial charge in [0.1, 0.15) is 0 Å². The van der Waals surface area contributed by atoms with E-state index in [9.17, 15) is 0 Å². The molecule has 0 amide bonds. The highest BCUT2D eigenvalue weighted by Gasteiger charge is 2.18. The van der Waals surface area contributed by atoms with Crippen molar-refractivity contribution in [2.24, 2.45) is 0 Å². The van der Waals surface area contributed by atoms with Gasteiger partial charge in [0.05, 0.1) is 17.9 Å². The van der Waals surface area contributed by atoms with Crippen LogP contribution < -0.4 is 5.32 Å². The van der Waals surface area contributed by atoms with Gasteiger partial charge < -0.3 is 5.32 Å². The average molecular weight is 315 g/mol. The van der Waals surface area contributed by atoms with Gasteiger partial charge in [-0.05, 0) is 35.5 Å². The molecule has 1 atom stereocenters. The van der Waals surface area contributed by atoms with Gasteiger partial charge in [-0.25, -0.2) is 4.68 Å². The first-order valence-electron chi connectivity index (χ1n) is 5.55. The predicted molar refractivity (Wildman–Crippen MR) is 73.2 cm³/mol. The fourth-order valence-corrected chi connectivity index (χ4v) is 3.36. The largest absolute Gasteiger partial charge is 0.307 e. The van der Waals surface area contributed by atoms with Crippen molar-refractivity contribution in [3.8, 4) is 0 Å². The lowest BCUT2D eigenvalue weighted by Gasteiger charge is -2.15. The molecule has 0 radical (unpaired) electrons. The van der Waals surface area contributed by atoms with E-state index in [0.717, 1.165) is 23.1 Å². The molecule has 0 bridgehead atoms. The van der Waals surface area contributed by atoms with Gasteiger partial charge in [-0.1, -0.05) is 12.1 Å². The second-order valence-electron chi connectivity index (χ2n) is 3.77. The molecule has 4 nitrogen and oxygen atoms in total. The van der Waals surface area contributed by atoms with Crippen LogP contribution in [0.4, 0.5) is 0 Å². The Hall–Kier alpha value is -0.720. The number of thiophene rings is 1. The Labute approximate surface area is 113 Å². The van der Waals surface area contributed by atoms with Crippen LogP contribution in [0.5, 0.6) is 0 Å². The summed E-state index contributed by atoms with van der Waals surface area (Å²) in [4.78, 5) is 1.26. The molecule has 92 valence electrons. The third-order valence-electron chi connectivity index (χ3n) is 2.54. The maximum absolute atomic E-state index is 4.13. The second-order valence-corrected chi connectivity index (χ2v) is 5.63. The van der Waals surface area contributed by atoms with Crippen molar-refractivity contribution in [1.82, 2.24) is 20.3 Å². The summed E-state index contributed by atoms with van der Waals surface area (Å²) >= 11 is 5.22. The van der Waals surface area contributed by atoms with Crippen molar-refractivity contribution in [2.45, 2.75) is 25.9 Å². The molecule has 0 saturated heterocycles. The minimum Gasteiger partial charge on any atom is -0.307 e. The van der Waals surface area contributed by atoms with Crippen LogP contribution in [0.2, 0.25) is 0 Å². The van der Waals surface area contributed by atoms with Gasteiger partial charge in [0.15, 0.2) is 0 Å². The van der Waals surface area contributed by atoms with Crippen LogP contribution in [0.25, 0.3) is 0 Å². The molecule has 1 unspecified atom stereocenters. The Morgan fingerprint density at radius 3 is 3.00 bits per heavy atom. The standard InChI is InChI=1S/C11H15BrN4S/c1-3-4-16-9(6-14-15-16)11(13-2)10-5-8(12)7-17-10/h5-7,11,13H,3-4H2,1-2H3. The second kappa shape index (κ2) is 5.75. The maximum atomic E-state index is 4.13. The SMILES string of the molecule is CCCn1nncc1C(NC)c1cc(Br)cs1. The van der Waals surface area contributed by atoms with Gasteiger partial charge in [0, 0.05) is 21.3 Å². The first-order valence-corrected chi connectivity index (χ1v) is 7.23. The Bertz CT molecular complexity index is 479. The number of aryl methyl sites for hydroxylation is 1. The smallest absolute Gasteiger partial charge is 0.0856 e. The molecule has 0 aromatic carbocycles. The maximum Gasteiger partial charge on any atom is 0.0856 e. The first kappa shape index (κ1) is 12.7. The molecular weight excluding hydrogens is 300 g/mol. The molecule has 0 spiro atoms. The van der Waals surface area contributed by atoms with Crippen molar-refractivity contribution in [1.29, 1.82) is 0 Å². The molecule has 2 aromatic rings. The van der Waals surface area contributed by atoms with Gasteiger partial charge in [0.2, 0.25) is 0 Å². The molecule has 6 heteroatoms. The number of rotatable bonds is 5. The molecule has 17 heavy (non-hydrogen) atoms. The van der Waals surface area contributed by atoms with Gasteiger partial charge in [-0.15, -0.1) is 16.4 Å². The Kier molecular flexibility index (Phi) is 4.31. The van der Waals surface area contributed by atoms with Crippen LogP contribution in [0.15, 0.2) is 22.1 Å². The fourth-order valence-electron chi connectivity index (χ4n) is 1.79. The normalized spacial score (nSPS) is 12.9. The fraction of sp³-hybridized carbons (Fsp3) is 0.455. The summed E-state index contributed by atoms with van der Waals surface area (Å²) < 4.78 is 3.08. The molecule has 0 fully saturated rings. The predicted octanol–water partition coefficient (Wildman–Crippen LogP) is 2.82. The Balaban J connectivity index is 2.31. The number of hydrogen-bond acceptors (Lipinski definition) is 4. The lowest BCUT2D eigenvalue weighted by Crippen LogP contribution is -2.20. The summed E-state index contributed by atoms with van der Waals surface area (Å²) in [5.41, 5.74) is 1.11. The number of halogens is 1. The van der Waals surface area contributed by atoms with Gasteiger partial charge in [-0.3, -0.25) is 0 Å². The lowest BCUT2D eigenvalue weighted by atomic mass is 10.2. The summed E-state index contributed by atoms with van der Waals surface area (Å²) in [6.07, 6.45) is 2.89.